The summed E-state index contributed by atoms with van der Waals surface area (Å²) in [7, 11) is 0. The number of halogens is 1. The van der Waals surface area contributed by atoms with Crippen molar-refractivity contribution in [2.24, 2.45) is 0 Å². The van der Waals surface area contributed by atoms with E-state index < -0.39 is 0 Å². The van der Waals surface area contributed by atoms with E-state index in [0.717, 1.165) is 23.4 Å². The van der Waals surface area contributed by atoms with Gasteiger partial charge in [0.1, 0.15) is 12.4 Å². The molecule has 0 saturated carbocycles. The highest BCUT2D eigenvalue weighted by Gasteiger charge is 2.14. The van der Waals surface area contributed by atoms with Gasteiger partial charge < -0.3 is 10.1 Å². The van der Waals surface area contributed by atoms with E-state index in [1.54, 1.807) is 0 Å². The predicted molar refractivity (Wildman–Crippen MR) is 56.1 cm³/mol. The van der Waals surface area contributed by atoms with Crippen LogP contribution >= 0.6 is 15.9 Å². The fourth-order valence-corrected chi connectivity index (χ4v) is 1.88. The zero-order valence-corrected chi connectivity index (χ0v) is 9.10. The molecule has 1 aliphatic heterocycles. The van der Waals surface area contributed by atoms with Gasteiger partial charge in [-0.15, -0.1) is 0 Å². The molecule has 0 aromatic heterocycles. The molecule has 0 radical (unpaired) electrons. The fraction of sp³-hybridized carbons (Fsp3) is 0.400. The topological polar surface area (TPSA) is 21.3 Å². The number of nitrogens with one attached hydrogen (secondary N) is 1. The van der Waals surface area contributed by atoms with Crippen LogP contribution in [0.1, 0.15) is 18.5 Å². The maximum absolute atomic E-state index is 5.61. The Morgan fingerprint density at radius 3 is 3.23 bits per heavy atom. The molecule has 3 heteroatoms. The number of benzene rings is 1. The van der Waals surface area contributed by atoms with Crippen LogP contribution in [0.15, 0.2) is 22.7 Å². The van der Waals surface area contributed by atoms with E-state index in [0.29, 0.717) is 6.04 Å². The van der Waals surface area contributed by atoms with Crippen LogP contribution in [0.4, 0.5) is 0 Å². The molecule has 0 saturated heterocycles. The molecular weight excluding hydrogens is 230 g/mol. The predicted octanol–water partition coefficient (Wildman–Crippen LogP) is 2.49. The molecule has 1 unspecified atom stereocenters. The summed E-state index contributed by atoms with van der Waals surface area (Å²) in [5.74, 6) is 0.992. The molecule has 2 nitrogen and oxygen atoms in total. The van der Waals surface area contributed by atoms with Crippen molar-refractivity contribution in [3.63, 3.8) is 0 Å². The van der Waals surface area contributed by atoms with Gasteiger partial charge in [-0.25, -0.2) is 0 Å². The first-order valence-corrected chi connectivity index (χ1v) is 5.22. The van der Waals surface area contributed by atoms with Gasteiger partial charge in [0.2, 0.25) is 0 Å². The molecule has 1 aromatic carbocycles. The first-order valence-electron chi connectivity index (χ1n) is 4.43. The van der Waals surface area contributed by atoms with Gasteiger partial charge >= 0.3 is 0 Å². The third kappa shape index (κ3) is 1.86. The summed E-state index contributed by atoms with van der Waals surface area (Å²) in [5, 5.41) is 3.38. The van der Waals surface area contributed by atoms with E-state index in [1.807, 2.05) is 12.1 Å². The van der Waals surface area contributed by atoms with Crippen molar-refractivity contribution in [3.8, 4) is 5.75 Å². The van der Waals surface area contributed by atoms with Crippen molar-refractivity contribution in [2.45, 2.75) is 13.0 Å². The second kappa shape index (κ2) is 3.68. The van der Waals surface area contributed by atoms with Crippen LogP contribution in [-0.2, 0) is 0 Å². The maximum atomic E-state index is 5.61. The van der Waals surface area contributed by atoms with Crippen LogP contribution in [0.25, 0.3) is 0 Å². The lowest BCUT2D eigenvalue weighted by Crippen LogP contribution is -2.20. The Morgan fingerprint density at radius 1 is 1.54 bits per heavy atom. The van der Waals surface area contributed by atoms with Gasteiger partial charge in [0.15, 0.2) is 0 Å². The monoisotopic (exact) mass is 241 g/mol. The second-order valence-corrected chi connectivity index (χ2v) is 4.12. The Hall–Kier alpha value is -0.540. The second-order valence-electron chi connectivity index (χ2n) is 3.21. The molecule has 0 bridgehead atoms. The minimum absolute atomic E-state index is 0.380. The van der Waals surface area contributed by atoms with Crippen molar-refractivity contribution >= 4 is 15.9 Å². The van der Waals surface area contributed by atoms with Crippen molar-refractivity contribution in [2.75, 3.05) is 13.2 Å². The average molecular weight is 242 g/mol. The highest BCUT2D eigenvalue weighted by molar-refractivity contribution is 9.10. The maximum Gasteiger partial charge on any atom is 0.125 e. The number of fused-ring (bicyclic) bond motifs is 1. The van der Waals surface area contributed by atoms with E-state index in [1.165, 1.54) is 5.56 Å². The molecule has 1 heterocycles. The summed E-state index contributed by atoms with van der Waals surface area (Å²) in [6.45, 7) is 3.81. The standard InChI is InChI=1S/C10H12BrNO/c1-7-9-3-2-8(11)6-10(9)13-5-4-12-7/h2-3,6-7,12H,4-5H2,1H3. The van der Waals surface area contributed by atoms with Gasteiger partial charge in [-0.3, -0.25) is 0 Å². The molecule has 1 N–H and O–H groups in total. The zero-order chi connectivity index (χ0) is 9.26. The average Bonchev–Trinajstić information content (AvgIpc) is 2.28. The van der Waals surface area contributed by atoms with Crippen LogP contribution in [0.5, 0.6) is 5.75 Å². The zero-order valence-electron chi connectivity index (χ0n) is 7.51. The van der Waals surface area contributed by atoms with Crippen LogP contribution in [0, 0.1) is 0 Å². The molecule has 0 aliphatic carbocycles. The number of ether oxygens (including phenoxy) is 1. The lowest BCUT2D eigenvalue weighted by Gasteiger charge is -2.11. The summed E-state index contributed by atoms with van der Waals surface area (Å²) in [6.07, 6.45) is 0. The van der Waals surface area contributed by atoms with E-state index in [-0.39, 0.29) is 0 Å². The van der Waals surface area contributed by atoms with Gasteiger partial charge in [0.25, 0.3) is 0 Å². The molecule has 1 atom stereocenters. The van der Waals surface area contributed by atoms with Crippen molar-refractivity contribution in [1.82, 2.24) is 5.32 Å². The van der Waals surface area contributed by atoms with Crippen LogP contribution in [0.3, 0.4) is 0 Å². The summed E-state index contributed by atoms with van der Waals surface area (Å²) < 4.78 is 6.68. The minimum Gasteiger partial charge on any atom is -0.492 e. The Balaban J connectivity index is 2.42. The molecular formula is C10H12BrNO. The molecule has 1 aromatic rings. The lowest BCUT2D eigenvalue weighted by atomic mass is 10.1. The van der Waals surface area contributed by atoms with Gasteiger partial charge in [0, 0.05) is 22.6 Å². The number of rotatable bonds is 0. The number of hydrogen-bond donors (Lipinski definition) is 1. The van der Waals surface area contributed by atoms with Gasteiger partial charge in [-0.2, -0.15) is 0 Å². The van der Waals surface area contributed by atoms with E-state index in [4.69, 9.17) is 4.74 Å². The Morgan fingerprint density at radius 2 is 2.38 bits per heavy atom. The first kappa shape index (κ1) is 9.03. The molecule has 2 rings (SSSR count). The molecule has 70 valence electrons. The van der Waals surface area contributed by atoms with Crippen LogP contribution in [0.2, 0.25) is 0 Å². The smallest absolute Gasteiger partial charge is 0.125 e. The molecule has 0 spiro atoms. The van der Waals surface area contributed by atoms with E-state index >= 15 is 0 Å². The summed E-state index contributed by atoms with van der Waals surface area (Å²) in [6, 6.07) is 6.55. The first-order chi connectivity index (χ1) is 6.27. The van der Waals surface area contributed by atoms with Gasteiger partial charge in [-0.05, 0) is 19.1 Å². The van der Waals surface area contributed by atoms with Gasteiger partial charge in [-0.1, -0.05) is 22.0 Å². The Labute approximate surface area is 86.4 Å². The summed E-state index contributed by atoms with van der Waals surface area (Å²) in [4.78, 5) is 0. The highest BCUT2D eigenvalue weighted by Crippen LogP contribution is 2.29. The molecule has 1 aliphatic rings. The third-order valence-electron chi connectivity index (χ3n) is 2.25. The largest absolute Gasteiger partial charge is 0.492 e. The minimum atomic E-state index is 0.380. The summed E-state index contributed by atoms with van der Waals surface area (Å²) in [5.41, 5.74) is 1.24. The van der Waals surface area contributed by atoms with Crippen LogP contribution < -0.4 is 10.1 Å². The highest BCUT2D eigenvalue weighted by atomic mass is 79.9. The van der Waals surface area contributed by atoms with Crippen molar-refractivity contribution < 1.29 is 4.74 Å². The molecule has 13 heavy (non-hydrogen) atoms. The Kier molecular flexibility index (Phi) is 2.56. The normalized spacial score (nSPS) is 21.5. The van der Waals surface area contributed by atoms with E-state index in [9.17, 15) is 0 Å². The third-order valence-corrected chi connectivity index (χ3v) is 2.75. The summed E-state index contributed by atoms with van der Waals surface area (Å²) >= 11 is 3.44. The van der Waals surface area contributed by atoms with E-state index in [2.05, 4.69) is 34.2 Å². The Bertz CT molecular complexity index is 314. The lowest BCUT2D eigenvalue weighted by molar-refractivity contribution is 0.324. The van der Waals surface area contributed by atoms with Crippen LogP contribution in [-0.4, -0.2) is 13.2 Å². The van der Waals surface area contributed by atoms with Crippen molar-refractivity contribution in [1.29, 1.82) is 0 Å². The fourth-order valence-electron chi connectivity index (χ4n) is 1.54. The van der Waals surface area contributed by atoms with Gasteiger partial charge in [0.05, 0.1) is 0 Å². The molecule has 0 amide bonds. The quantitative estimate of drug-likeness (QED) is 0.754. The van der Waals surface area contributed by atoms with Crippen molar-refractivity contribution in [3.05, 3.63) is 28.2 Å². The SMILES string of the molecule is CC1NCCOc2cc(Br)ccc21. The molecule has 0 fully saturated rings. The number of hydrogen-bond acceptors (Lipinski definition) is 2.